The molecule has 0 aliphatic rings. The van der Waals surface area contributed by atoms with Crippen molar-refractivity contribution >= 4 is 16.0 Å². The fourth-order valence-electron chi connectivity index (χ4n) is 1.78. The Morgan fingerprint density at radius 3 is 2.43 bits per heavy atom. The van der Waals surface area contributed by atoms with Gasteiger partial charge in [0.1, 0.15) is 11.3 Å². The van der Waals surface area contributed by atoms with E-state index in [2.05, 4.69) is 0 Å². The summed E-state index contributed by atoms with van der Waals surface area (Å²) in [6, 6.07) is 2.06. The van der Waals surface area contributed by atoms with E-state index in [1.54, 1.807) is 6.92 Å². The van der Waals surface area contributed by atoms with Gasteiger partial charge in [0.25, 0.3) is 0 Å². The van der Waals surface area contributed by atoms with Gasteiger partial charge < -0.3 is 15.3 Å². The maximum absolute atomic E-state index is 12.4. The van der Waals surface area contributed by atoms with E-state index in [0.717, 1.165) is 16.4 Å². The van der Waals surface area contributed by atoms with Gasteiger partial charge in [-0.25, -0.2) is 17.5 Å². The van der Waals surface area contributed by atoms with Crippen LogP contribution in [-0.4, -0.2) is 53.7 Å². The third-order valence-corrected chi connectivity index (χ3v) is 5.07. The summed E-state index contributed by atoms with van der Waals surface area (Å²) >= 11 is 0. The maximum atomic E-state index is 12.4. The number of phenols is 1. The summed E-state index contributed by atoms with van der Waals surface area (Å²) in [5.41, 5.74) is -0.218. The molecule has 21 heavy (non-hydrogen) atoms. The van der Waals surface area contributed by atoms with Gasteiger partial charge in [-0.15, -0.1) is 0 Å². The highest BCUT2D eigenvalue weighted by Gasteiger charge is 2.25. The number of sulfonamides is 1. The Kier molecular flexibility index (Phi) is 5.32. The van der Waals surface area contributed by atoms with Crippen molar-refractivity contribution in [3.8, 4) is 5.75 Å². The zero-order valence-electron chi connectivity index (χ0n) is 12.1. The van der Waals surface area contributed by atoms with E-state index in [1.165, 1.54) is 14.0 Å². The van der Waals surface area contributed by atoms with Crippen LogP contribution in [0.15, 0.2) is 17.0 Å². The van der Waals surface area contributed by atoms with Crippen molar-refractivity contribution < 1.29 is 28.5 Å². The molecule has 0 saturated heterocycles. The summed E-state index contributed by atoms with van der Waals surface area (Å²) in [4.78, 5) is 10.8. The molecule has 1 atom stereocenters. The summed E-state index contributed by atoms with van der Waals surface area (Å²) in [5.74, 6) is -1.89. The van der Waals surface area contributed by atoms with Crippen LogP contribution in [0.4, 0.5) is 0 Å². The van der Waals surface area contributed by atoms with Crippen molar-refractivity contribution in [1.29, 1.82) is 0 Å². The molecular formula is C13H19NO6S. The highest BCUT2D eigenvalue weighted by atomic mass is 32.2. The Morgan fingerprint density at radius 2 is 1.95 bits per heavy atom. The predicted molar refractivity (Wildman–Crippen MR) is 75.9 cm³/mol. The first-order chi connectivity index (χ1) is 9.57. The molecule has 0 amide bonds. The van der Waals surface area contributed by atoms with E-state index in [0.29, 0.717) is 0 Å². The van der Waals surface area contributed by atoms with E-state index < -0.39 is 33.4 Å². The minimum Gasteiger partial charge on any atom is -0.507 e. The molecule has 1 unspecified atom stereocenters. The zero-order valence-corrected chi connectivity index (χ0v) is 12.9. The number of aryl methyl sites for hydroxylation is 1. The number of aliphatic hydroxyl groups is 1. The number of aromatic hydroxyl groups is 1. The molecule has 1 aromatic carbocycles. The summed E-state index contributed by atoms with van der Waals surface area (Å²) in [5, 5.41) is 27.7. The number of carboxylic acid groups (broad SMARTS) is 1. The van der Waals surface area contributed by atoms with Gasteiger partial charge in [-0.2, -0.15) is 0 Å². The predicted octanol–water partition coefficient (Wildman–Crippen LogP) is 0.790. The molecule has 0 aromatic heterocycles. The Morgan fingerprint density at radius 1 is 1.38 bits per heavy atom. The first-order valence-electron chi connectivity index (χ1n) is 6.28. The topological polar surface area (TPSA) is 115 Å². The number of carboxylic acids is 1. The Labute approximate surface area is 123 Å². The highest BCUT2D eigenvalue weighted by molar-refractivity contribution is 7.89. The standard InChI is InChI=1S/C13H19NO6S/c1-8-6-11(16)10(13(17)18)7-12(8)21(19,20)14(3)5-4-9(2)15/h6-7,9,15-16H,4-5H2,1-3H3,(H,17,18). The van der Waals surface area contributed by atoms with Gasteiger partial charge in [-0.05, 0) is 38.0 Å². The van der Waals surface area contributed by atoms with Gasteiger partial charge >= 0.3 is 5.97 Å². The number of carbonyl (C=O) groups is 1. The lowest BCUT2D eigenvalue weighted by Crippen LogP contribution is -2.30. The minimum absolute atomic E-state index is 0.0999. The van der Waals surface area contributed by atoms with Gasteiger partial charge in [0.2, 0.25) is 10.0 Å². The van der Waals surface area contributed by atoms with Crippen molar-refractivity contribution in [2.45, 2.75) is 31.3 Å². The number of hydrogen-bond acceptors (Lipinski definition) is 5. The minimum atomic E-state index is -3.89. The number of benzene rings is 1. The van der Waals surface area contributed by atoms with E-state index in [-0.39, 0.29) is 23.4 Å². The van der Waals surface area contributed by atoms with Crippen LogP contribution in [0, 0.1) is 6.92 Å². The van der Waals surface area contributed by atoms with Crippen LogP contribution < -0.4 is 0 Å². The van der Waals surface area contributed by atoms with Crippen LogP contribution in [0.5, 0.6) is 5.75 Å². The molecule has 0 aliphatic heterocycles. The molecule has 1 aromatic rings. The molecule has 0 aliphatic carbocycles. The molecule has 3 N–H and O–H groups in total. The summed E-state index contributed by atoms with van der Waals surface area (Å²) in [7, 11) is -2.54. The van der Waals surface area contributed by atoms with Crippen LogP contribution in [0.25, 0.3) is 0 Å². The lowest BCUT2D eigenvalue weighted by atomic mass is 10.1. The van der Waals surface area contributed by atoms with Gasteiger partial charge in [-0.3, -0.25) is 0 Å². The van der Waals surface area contributed by atoms with Crippen LogP contribution in [0.1, 0.15) is 29.3 Å². The van der Waals surface area contributed by atoms with Crippen LogP contribution in [0.2, 0.25) is 0 Å². The zero-order chi connectivity index (χ0) is 16.4. The molecular weight excluding hydrogens is 298 g/mol. The third kappa shape index (κ3) is 3.93. The monoisotopic (exact) mass is 317 g/mol. The lowest BCUT2D eigenvalue weighted by molar-refractivity contribution is 0.0693. The van der Waals surface area contributed by atoms with Crippen LogP contribution in [0.3, 0.4) is 0 Å². The van der Waals surface area contributed by atoms with Gasteiger partial charge in [-0.1, -0.05) is 0 Å². The second kappa shape index (κ2) is 6.42. The molecule has 0 radical (unpaired) electrons. The summed E-state index contributed by atoms with van der Waals surface area (Å²) in [6.07, 6.45) is -0.378. The Bertz CT molecular complexity index is 638. The van der Waals surface area contributed by atoms with E-state index in [9.17, 15) is 23.4 Å². The second-order valence-electron chi connectivity index (χ2n) is 4.90. The van der Waals surface area contributed by atoms with Crippen molar-refractivity contribution in [2.24, 2.45) is 0 Å². The number of hydrogen-bond donors (Lipinski definition) is 3. The molecule has 8 heteroatoms. The van der Waals surface area contributed by atoms with E-state index in [4.69, 9.17) is 5.11 Å². The number of rotatable bonds is 6. The summed E-state index contributed by atoms with van der Waals surface area (Å²) < 4.78 is 25.9. The fourth-order valence-corrected chi connectivity index (χ4v) is 3.19. The lowest BCUT2D eigenvalue weighted by Gasteiger charge is -2.19. The SMILES string of the molecule is Cc1cc(O)c(C(=O)O)cc1S(=O)(=O)N(C)CCC(C)O. The van der Waals surface area contributed by atoms with Crippen LogP contribution >= 0.6 is 0 Å². The molecule has 0 bridgehead atoms. The molecule has 0 spiro atoms. The van der Waals surface area contributed by atoms with E-state index >= 15 is 0 Å². The number of nitrogens with zero attached hydrogens (tertiary/aromatic N) is 1. The average molecular weight is 317 g/mol. The first-order valence-corrected chi connectivity index (χ1v) is 7.72. The van der Waals surface area contributed by atoms with Gasteiger partial charge in [0.05, 0.1) is 11.0 Å². The largest absolute Gasteiger partial charge is 0.507 e. The summed E-state index contributed by atoms with van der Waals surface area (Å²) in [6.45, 7) is 3.12. The molecule has 0 heterocycles. The molecule has 0 fully saturated rings. The van der Waals surface area contributed by atoms with Gasteiger partial charge in [0.15, 0.2) is 0 Å². The number of aromatic carboxylic acids is 1. The second-order valence-corrected chi connectivity index (χ2v) is 6.92. The normalized spacial score (nSPS) is 13.4. The number of aliphatic hydroxyl groups excluding tert-OH is 1. The van der Waals surface area contributed by atoms with Crippen molar-refractivity contribution in [1.82, 2.24) is 4.31 Å². The van der Waals surface area contributed by atoms with Crippen molar-refractivity contribution in [3.05, 3.63) is 23.3 Å². The highest BCUT2D eigenvalue weighted by Crippen LogP contribution is 2.27. The fraction of sp³-hybridized carbons (Fsp3) is 0.462. The van der Waals surface area contributed by atoms with Crippen molar-refractivity contribution in [3.63, 3.8) is 0 Å². The van der Waals surface area contributed by atoms with E-state index in [1.807, 2.05) is 0 Å². The maximum Gasteiger partial charge on any atom is 0.339 e. The molecule has 1 rings (SSSR count). The Balaban J connectivity index is 3.25. The smallest absolute Gasteiger partial charge is 0.339 e. The average Bonchev–Trinajstić information content (AvgIpc) is 2.34. The molecule has 118 valence electrons. The van der Waals surface area contributed by atoms with Crippen molar-refractivity contribution in [2.75, 3.05) is 13.6 Å². The first kappa shape index (κ1) is 17.4. The van der Waals surface area contributed by atoms with Gasteiger partial charge in [0, 0.05) is 13.6 Å². The molecule has 7 nitrogen and oxygen atoms in total. The quantitative estimate of drug-likeness (QED) is 0.714. The molecule has 0 saturated carbocycles. The third-order valence-electron chi connectivity index (χ3n) is 3.07. The Hall–Kier alpha value is -1.64. The van der Waals surface area contributed by atoms with Crippen LogP contribution in [-0.2, 0) is 10.0 Å².